The molecule has 26 heavy (non-hydrogen) atoms. The number of aromatic nitrogens is 1. The molecule has 2 saturated heterocycles. The molecule has 0 saturated carbocycles. The number of aliphatic hydroxyl groups excluding tert-OH is 1. The van der Waals surface area contributed by atoms with Gasteiger partial charge in [0.25, 0.3) is 0 Å². The number of hydrogen-bond acceptors (Lipinski definition) is 5. The van der Waals surface area contributed by atoms with E-state index in [0.29, 0.717) is 6.54 Å². The second kappa shape index (κ2) is 8.46. The minimum Gasteiger partial charge on any atom is -0.396 e. The van der Waals surface area contributed by atoms with Crippen LogP contribution in [0.2, 0.25) is 0 Å². The maximum Gasteiger partial charge on any atom is 0.248 e. The Morgan fingerprint density at radius 3 is 2.69 bits per heavy atom. The van der Waals surface area contributed by atoms with Crippen molar-refractivity contribution in [1.29, 1.82) is 0 Å². The number of aryl methyl sites for hydroxylation is 1. The Morgan fingerprint density at radius 1 is 1.31 bits per heavy atom. The van der Waals surface area contributed by atoms with Crippen LogP contribution in [0.15, 0.2) is 18.2 Å². The molecule has 1 aromatic heterocycles. The lowest BCUT2D eigenvalue weighted by molar-refractivity contribution is -0.142. The van der Waals surface area contributed by atoms with Crippen molar-refractivity contribution >= 4 is 5.91 Å². The maximum absolute atomic E-state index is 12.1. The van der Waals surface area contributed by atoms with Gasteiger partial charge in [-0.25, -0.2) is 0 Å². The van der Waals surface area contributed by atoms with Gasteiger partial charge in [-0.05, 0) is 56.8 Å². The number of piperidine rings is 2. The second-order valence-corrected chi connectivity index (χ2v) is 7.81. The standard InChI is InChI=1S/C20H31N3O3/c1-16-4-3-5-18(21-16)13-22-9-6-20(7-10-22)8-11-23(12-17(20)14-24)19(25)15-26-2/h3-5,17,24H,6-15H2,1-2H3. The summed E-state index contributed by atoms with van der Waals surface area (Å²) in [5.41, 5.74) is 2.35. The van der Waals surface area contributed by atoms with Gasteiger partial charge in [0, 0.05) is 45.0 Å². The smallest absolute Gasteiger partial charge is 0.248 e. The Bertz CT molecular complexity index is 614. The zero-order chi connectivity index (χ0) is 18.6. The molecule has 0 bridgehead atoms. The Labute approximate surface area is 156 Å². The number of hydrogen-bond donors (Lipinski definition) is 1. The molecule has 0 radical (unpaired) electrons. The van der Waals surface area contributed by atoms with Crippen molar-refractivity contribution in [3.05, 3.63) is 29.6 Å². The van der Waals surface area contributed by atoms with E-state index in [-0.39, 0.29) is 30.5 Å². The van der Waals surface area contributed by atoms with Gasteiger partial charge in [-0.3, -0.25) is 14.7 Å². The van der Waals surface area contributed by atoms with Gasteiger partial charge >= 0.3 is 0 Å². The summed E-state index contributed by atoms with van der Waals surface area (Å²) in [5.74, 6) is 0.194. The van der Waals surface area contributed by atoms with Gasteiger partial charge in [0.15, 0.2) is 0 Å². The molecule has 2 aliphatic rings. The summed E-state index contributed by atoms with van der Waals surface area (Å²) in [6.07, 6.45) is 3.14. The minimum atomic E-state index is 0.0313. The molecule has 1 spiro atoms. The van der Waals surface area contributed by atoms with Crippen molar-refractivity contribution in [1.82, 2.24) is 14.8 Å². The number of carbonyl (C=O) groups is 1. The molecule has 1 atom stereocenters. The van der Waals surface area contributed by atoms with E-state index >= 15 is 0 Å². The molecule has 3 heterocycles. The number of methoxy groups -OCH3 is 1. The predicted molar refractivity (Wildman–Crippen MR) is 99.6 cm³/mol. The highest BCUT2D eigenvalue weighted by molar-refractivity contribution is 5.77. The van der Waals surface area contributed by atoms with Crippen LogP contribution >= 0.6 is 0 Å². The van der Waals surface area contributed by atoms with Crippen LogP contribution in [0.25, 0.3) is 0 Å². The molecule has 2 aliphatic heterocycles. The van der Waals surface area contributed by atoms with Crippen molar-refractivity contribution < 1.29 is 14.6 Å². The maximum atomic E-state index is 12.1. The molecule has 1 aromatic rings. The lowest BCUT2D eigenvalue weighted by atomic mass is 9.64. The van der Waals surface area contributed by atoms with Gasteiger partial charge in [-0.1, -0.05) is 6.07 Å². The normalized spacial score (nSPS) is 23.3. The molecule has 1 amide bonds. The first-order chi connectivity index (χ1) is 12.6. The Hall–Kier alpha value is -1.50. The molecule has 1 N–H and O–H groups in total. The molecule has 1 unspecified atom stereocenters. The van der Waals surface area contributed by atoms with Crippen LogP contribution in [0.4, 0.5) is 0 Å². The summed E-state index contributed by atoms with van der Waals surface area (Å²) in [5, 5.41) is 9.98. The van der Waals surface area contributed by atoms with Gasteiger partial charge in [0.1, 0.15) is 6.61 Å². The molecule has 144 valence electrons. The first-order valence-electron chi connectivity index (χ1n) is 9.59. The SMILES string of the molecule is COCC(=O)N1CCC2(CCN(Cc3cccc(C)n3)CC2)C(CO)C1. The van der Waals surface area contributed by atoms with Crippen LogP contribution in [-0.4, -0.2) is 72.3 Å². The largest absolute Gasteiger partial charge is 0.396 e. The molecule has 0 aliphatic carbocycles. The van der Waals surface area contributed by atoms with E-state index < -0.39 is 0 Å². The third-order valence-corrected chi connectivity index (χ3v) is 6.21. The monoisotopic (exact) mass is 361 g/mol. The minimum absolute atomic E-state index is 0.0313. The van der Waals surface area contributed by atoms with Gasteiger partial charge in [0.2, 0.25) is 5.91 Å². The predicted octanol–water partition coefficient (Wildman–Crippen LogP) is 1.46. The van der Waals surface area contributed by atoms with E-state index in [0.717, 1.165) is 56.8 Å². The quantitative estimate of drug-likeness (QED) is 0.860. The Balaban J connectivity index is 1.58. The number of ether oxygens (including phenoxy) is 1. The van der Waals surface area contributed by atoms with Gasteiger partial charge in [-0.2, -0.15) is 0 Å². The number of nitrogens with zero attached hydrogens (tertiary/aromatic N) is 3. The third-order valence-electron chi connectivity index (χ3n) is 6.21. The number of rotatable bonds is 5. The van der Waals surface area contributed by atoms with Gasteiger partial charge < -0.3 is 14.7 Å². The highest BCUT2D eigenvalue weighted by Crippen LogP contribution is 2.45. The fourth-order valence-corrected chi connectivity index (χ4v) is 4.54. The first-order valence-corrected chi connectivity index (χ1v) is 9.59. The Kier molecular flexibility index (Phi) is 6.27. The van der Waals surface area contributed by atoms with Crippen molar-refractivity contribution in [3.63, 3.8) is 0 Å². The molecule has 3 rings (SSSR count). The van der Waals surface area contributed by atoms with Gasteiger partial charge in [-0.15, -0.1) is 0 Å². The van der Waals surface area contributed by atoms with E-state index in [1.807, 2.05) is 17.9 Å². The molecular weight excluding hydrogens is 330 g/mol. The third kappa shape index (κ3) is 4.24. The summed E-state index contributed by atoms with van der Waals surface area (Å²) in [6.45, 7) is 6.67. The highest BCUT2D eigenvalue weighted by atomic mass is 16.5. The summed E-state index contributed by atoms with van der Waals surface area (Å²) in [7, 11) is 1.55. The molecule has 6 nitrogen and oxygen atoms in total. The van der Waals surface area contributed by atoms with Crippen molar-refractivity contribution in [2.75, 3.05) is 46.5 Å². The zero-order valence-electron chi connectivity index (χ0n) is 16.0. The van der Waals surface area contributed by atoms with E-state index in [4.69, 9.17) is 4.74 Å². The van der Waals surface area contributed by atoms with Crippen LogP contribution in [0, 0.1) is 18.3 Å². The summed E-state index contributed by atoms with van der Waals surface area (Å²) in [4.78, 5) is 21.1. The average molecular weight is 361 g/mol. The van der Waals surface area contributed by atoms with Crippen LogP contribution in [-0.2, 0) is 16.1 Å². The van der Waals surface area contributed by atoms with Gasteiger partial charge in [0.05, 0.1) is 5.69 Å². The number of likely N-dealkylation sites (tertiary alicyclic amines) is 2. The molecule has 0 aromatic carbocycles. The van der Waals surface area contributed by atoms with Crippen LogP contribution < -0.4 is 0 Å². The van der Waals surface area contributed by atoms with Crippen molar-refractivity contribution in [2.45, 2.75) is 32.7 Å². The topological polar surface area (TPSA) is 65.9 Å². The fraction of sp³-hybridized carbons (Fsp3) is 0.700. The number of pyridine rings is 1. The van der Waals surface area contributed by atoms with E-state index in [1.54, 1.807) is 7.11 Å². The Morgan fingerprint density at radius 2 is 2.04 bits per heavy atom. The van der Waals surface area contributed by atoms with Crippen LogP contribution in [0.3, 0.4) is 0 Å². The van der Waals surface area contributed by atoms with E-state index in [9.17, 15) is 9.90 Å². The fourth-order valence-electron chi connectivity index (χ4n) is 4.54. The zero-order valence-corrected chi connectivity index (χ0v) is 16.0. The molecule has 2 fully saturated rings. The summed E-state index contributed by atoms with van der Waals surface area (Å²) in [6, 6.07) is 6.19. The summed E-state index contributed by atoms with van der Waals surface area (Å²) >= 11 is 0. The number of amides is 1. The van der Waals surface area contributed by atoms with Crippen molar-refractivity contribution in [2.24, 2.45) is 11.3 Å². The summed E-state index contributed by atoms with van der Waals surface area (Å²) < 4.78 is 4.98. The molecule has 6 heteroatoms. The first kappa shape index (κ1) is 19.3. The van der Waals surface area contributed by atoms with Crippen LogP contribution in [0.1, 0.15) is 30.7 Å². The average Bonchev–Trinajstić information content (AvgIpc) is 2.64. The number of carbonyl (C=O) groups excluding carboxylic acids is 1. The number of aliphatic hydroxyl groups is 1. The molecular formula is C20H31N3O3. The highest BCUT2D eigenvalue weighted by Gasteiger charge is 2.45. The lowest BCUT2D eigenvalue weighted by Crippen LogP contribution is -2.55. The van der Waals surface area contributed by atoms with E-state index in [1.165, 1.54) is 0 Å². The van der Waals surface area contributed by atoms with Crippen molar-refractivity contribution in [3.8, 4) is 0 Å². The lowest BCUT2D eigenvalue weighted by Gasteiger charge is -2.51. The van der Waals surface area contributed by atoms with Crippen LogP contribution in [0.5, 0.6) is 0 Å². The van der Waals surface area contributed by atoms with E-state index in [2.05, 4.69) is 22.0 Å². The second-order valence-electron chi connectivity index (χ2n) is 7.81.